The van der Waals surface area contributed by atoms with Crippen LogP contribution < -0.4 is 4.74 Å². The Bertz CT molecular complexity index is 300. The molecule has 70 valence electrons. The summed E-state index contributed by atoms with van der Waals surface area (Å²) >= 11 is 0. The molecule has 13 heavy (non-hydrogen) atoms. The topological polar surface area (TPSA) is 9.23 Å². The summed E-state index contributed by atoms with van der Waals surface area (Å²) in [5.74, 6) is 1.43. The maximum atomic E-state index is 5.19. The zero-order chi connectivity index (χ0) is 9.84. The lowest BCUT2D eigenvalue weighted by atomic mass is 9.98. The summed E-state index contributed by atoms with van der Waals surface area (Å²) in [4.78, 5) is 0. The van der Waals surface area contributed by atoms with Gasteiger partial charge in [0.15, 0.2) is 0 Å². The Hall–Kier alpha value is -1.24. The van der Waals surface area contributed by atoms with Crippen molar-refractivity contribution in [2.75, 3.05) is 0 Å². The Labute approximate surface area is 80.0 Å². The second-order valence-electron chi connectivity index (χ2n) is 3.46. The molecular formula is C12H16O. The van der Waals surface area contributed by atoms with Crippen LogP contribution in [0, 0.1) is 6.92 Å². The quantitative estimate of drug-likeness (QED) is 0.639. The molecule has 0 aliphatic heterocycles. The summed E-state index contributed by atoms with van der Waals surface area (Å²) in [5.41, 5.74) is 2.64. The molecule has 1 aromatic rings. The third-order valence-corrected chi connectivity index (χ3v) is 2.08. The van der Waals surface area contributed by atoms with Crippen LogP contribution in [-0.4, -0.2) is 0 Å². The average molecular weight is 176 g/mol. The molecule has 1 rings (SSSR count). The predicted molar refractivity (Wildman–Crippen MR) is 56.1 cm³/mol. The van der Waals surface area contributed by atoms with Crippen molar-refractivity contribution in [2.45, 2.75) is 26.7 Å². The highest BCUT2D eigenvalue weighted by Crippen LogP contribution is 2.23. The molecule has 0 amide bonds. The van der Waals surface area contributed by atoms with Crippen molar-refractivity contribution in [3.63, 3.8) is 0 Å². The lowest BCUT2D eigenvalue weighted by Gasteiger charge is -2.10. The molecule has 0 aromatic heterocycles. The van der Waals surface area contributed by atoms with Crippen molar-refractivity contribution in [2.24, 2.45) is 0 Å². The summed E-state index contributed by atoms with van der Waals surface area (Å²) in [5, 5.41) is 0. The molecule has 0 saturated carbocycles. The number of aryl methyl sites for hydroxylation is 1. The Morgan fingerprint density at radius 1 is 1.38 bits per heavy atom. The minimum absolute atomic E-state index is 0.567. The van der Waals surface area contributed by atoms with Crippen LogP contribution in [0.5, 0.6) is 5.75 Å². The molecule has 0 aliphatic carbocycles. The van der Waals surface area contributed by atoms with Crippen LogP contribution in [0.25, 0.3) is 0 Å². The van der Waals surface area contributed by atoms with E-state index in [1.165, 1.54) is 17.4 Å². The molecule has 0 spiro atoms. The highest BCUT2D eigenvalue weighted by molar-refractivity contribution is 5.36. The van der Waals surface area contributed by atoms with Gasteiger partial charge in [-0.25, -0.2) is 0 Å². The minimum atomic E-state index is 0.567. The van der Waals surface area contributed by atoms with Gasteiger partial charge in [-0.1, -0.05) is 26.5 Å². The van der Waals surface area contributed by atoms with E-state index in [0.717, 1.165) is 5.75 Å². The maximum Gasteiger partial charge on any atom is 0.126 e. The van der Waals surface area contributed by atoms with Crippen LogP contribution >= 0.6 is 0 Å². The number of rotatable bonds is 3. The van der Waals surface area contributed by atoms with E-state index in [4.69, 9.17) is 4.74 Å². The predicted octanol–water partition coefficient (Wildman–Crippen LogP) is 3.64. The average Bonchev–Trinajstić information content (AvgIpc) is 2.04. The molecule has 0 radical (unpaired) electrons. The number of hydrogen-bond donors (Lipinski definition) is 0. The Balaban J connectivity index is 2.98. The van der Waals surface area contributed by atoms with Crippen LogP contribution in [-0.2, 0) is 0 Å². The minimum Gasteiger partial charge on any atom is -0.466 e. The monoisotopic (exact) mass is 176 g/mol. The summed E-state index contributed by atoms with van der Waals surface area (Å²) in [6.07, 6.45) is 1.45. The van der Waals surface area contributed by atoms with Crippen molar-refractivity contribution in [1.29, 1.82) is 0 Å². The Morgan fingerprint density at radius 3 is 2.54 bits per heavy atom. The highest BCUT2D eigenvalue weighted by Gasteiger charge is 2.03. The van der Waals surface area contributed by atoms with Gasteiger partial charge in [0.05, 0.1) is 6.26 Å². The first-order chi connectivity index (χ1) is 6.15. The molecule has 1 aromatic carbocycles. The third-order valence-electron chi connectivity index (χ3n) is 2.08. The Morgan fingerprint density at radius 2 is 2.08 bits per heavy atom. The van der Waals surface area contributed by atoms with E-state index >= 15 is 0 Å². The van der Waals surface area contributed by atoms with Gasteiger partial charge in [0.2, 0.25) is 0 Å². The zero-order valence-electron chi connectivity index (χ0n) is 8.50. The third kappa shape index (κ3) is 2.35. The van der Waals surface area contributed by atoms with E-state index < -0.39 is 0 Å². The van der Waals surface area contributed by atoms with E-state index in [1.807, 2.05) is 12.1 Å². The van der Waals surface area contributed by atoms with Gasteiger partial charge in [0.25, 0.3) is 0 Å². The number of hydrogen-bond acceptors (Lipinski definition) is 1. The summed E-state index contributed by atoms with van der Waals surface area (Å²) < 4.78 is 5.19. The molecule has 0 bridgehead atoms. The smallest absolute Gasteiger partial charge is 0.126 e. The van der Waals surface area contributed by atoms with E-state index in [0.29, 0.717) is 5.92 Å². The first kappa shape index (κ1) is 9.85. The van der Waals surface area contributed by atoms with Crippen LogP contribution in [0.1, 0.15) is 30.9 Å². The lowest BCUT2D eigenvalue weighted by Crippen LogP contribution is -1.92. The molecule has 0 saturated heterocycles. The molecule has 0 N–H and O–H groups in total. The van der Waals surface area contributed by atoms with Gasteiger partial charge in [0.1, 0.15) is 5.75 Å². The van der Waals surface area contributed by atoms with Crippen molar-refractivity contribution in [3.8, 4) is 5.75 Å². The molecule has 0 fully saturated rings. The summed E-state index contributed by atoms with van der Waals surface area (Å²) in [6, 6.07) is 6.12. The van der Waals surface area contributed by atoms with Gasteiger partial charge in [0, 0.05) is 0 Å². The molecule has 1 nitrogen and oxygen atoms in total. The van der Waals surface area contributed by atoms with Crippen molar-refractivity contribution >= 4 is 0 Å². The van der Waals surface area contributed by atoms with Crippen LogP contribution in [0.15, 0.2) is 31.0 Å². The lowest BCUT2D eigenvalue weighted by molar-refractivity contribution is 0.482. The molecule has 0 aliphatic rings. The van der Waals surface area contributed by atoms with E-state index in [9.17, 15) is 0 Å². The van der Waals surface area contributed by atoms with Crippen molar-refractivity contribution in [1.82, 2.24) is 0 Å². The first-order valence-electron chi connectivity index (χ1n) is 4.53. The molecule has 1 heteroatoms. The zero-order valence-corrected chi connectivity index (χ0v) is 8.50. The largest absolute Gasteiger partial charge is 0.466 e. The van der Waals surface area contributed by atoms with E-state index in [2.05, 4.69) is 33.4 Å². The van der Waals surface area contributed by atoms with Gasteiger partial charge < -0.3 is 4.74 Å². The Kier molecular flexibility index (Phi) is 3.13. The van der Waals surface area contributed by atoms with Crippen LogP contribution in [0.2, 0.25) is 0 Å². The van der Waals surface area contributed by atoms with Gasteiger partial charge in [-0.3, -0.25) is 0 Å². The fourth-order valence-electron chi connectivity index (χ4n) is 1.47. The van der Waals surface area contributed by atoms with Crippen LogP contribution in [0.4, 0.5) is 0 Å². The van der Waals surface area contributed by atoms with Crippen molar-refractivity contribution < 1.29 is 4.74 Å². The molecule has 0 atom stereocenters. The van der Waals surface area contributed by atoms with Gasteiger partial charge in [-0.15, -0.1) is 0 Å². The maximum absolute atomic E-state index is 5.19. The van der Waals surface area contributed by atoms with Gasteiger partial charge in [-0.05, 0) is 36.1 Å². The fraction of sp³-hybridized carbons (Fsp3) is 0.333. The second-order valence-corrected chi connectivity index (χ2v) is 3.46. The SMILES string of the molecule is C=COc1ccc(C(C)C)c(C)c1. The molecular weight excluding hydrogens is 160 g/mol. The molecule has 0 heterocycles. The first-order valence-corrected chi connectivity index (χ1v) is 4.53. The summed E-state index contributed by atoms with van der Waals surface area (Å²) in [6.45, 7) is 10.0. The standard InChI is InChI=1S/C12H16O/c1-5-13-11-6-7-12(9(2)3)10(4)8-11/h5-9H,1H2,2-4H3. The van der Waals surface area contributed by atoms with E-state index in [1.54, 1.807) is 0 Å². The summed E-state index contributed by atoms with van der Waals surface area (Å²) in [7, 11) is 0. The normalized spacial score (nSPS) is 10.2. The van der Waals surface area contributed by atoms with Gasteiger partial charge >= 0.3 is 0 Å². The van der Waals surface area contributed by atoms with Crippen LogP contribution in [0.3, 0.4) is 0 Å². The number of ether oxygens (including phenoxy) is 1. The highest BCUT2D eigenvalue weighted by atomic mass is 16.5. The second kappa shape index (κ2) is 4.13. The van der Waals surface area contributed by atoms with E-state index in [-0.39, 0.29) is 0 Å². The molecule has 0 unspecified atom stereocenters. The van der Waals surface area contributed by atoms with Crippen molar-refractivity contribution in [3.05, 3.63) is 42.2 Å². The van der Waals surface area contributed by atoms with Gasteiger partial charge in [-0.2, -0.15) is 0 Å². The number of benzene rings is 1. The fourth-order valence-corrected chi connectivity index (χ4v) is 1.47.